The Labute approximate surface area is 142 Å². The van der Waals surface area contributed by atoms with Crippen molar-refractivity contribution in [2.45, 2.75) is 51.1 Å². The van der Waals surface area contributed by atoms with Crippen molar-refractivity contribution in [2.24, 2.45) is 0 Å². The maximum atomic E-state index is 13.0. The van der Waals surface area contributed by atoms with E-state index in [1.165, 1.54) is 31.5 Å². The van der Waals surface area contributed by atoms with E-state index in [4.69, 9.17) is 0 Å². The van der Waals surface area contributed by atoms with Gasteiger partial charge in [-0.3, -0.25) is 4.98 Å². The predicted octanol–water partition coefficient (Wildman–Crippen LogP) is 3.98. The van der Waals surface area contributed by atoms with Gasteiger partial charge in [0.2, 0.25) is 0 Å². The average molecular weight is 343 g/mol. The van der Waals surface area contributed by atoms with E-state index in [9.17, 15) is 13.2 Å². The minimum atomic E-state index is -4.39. The minimum Gasteiger partial charge on any atom is -0.320 e. The molecule has 1 fully saturated rings. The molecule has 1 aliphatic rings. The second-order valence-corrected chi connectivity index (χ2v) is 6.70. The number of halogens is 3. The average Bonchev–Trinajstić information content (AvgIpc) is 2.56. The molecule has 24 heavy (non-hydrogen) atoms. The Morgan fingerprint density at radius 3 is 2.54 bits per heavy atom. The number of alkyl halides is 3. The number of piperidine rings is 1. The van der Waals surface area contributed by atoms with E-state index < -0.39 is 11.9 Å². The number of likely N-dealkylation sites (tertiary alicyclic amines) is 1. The van der Waals surface area contributed by atoms with Crippen LogP contribution in [0.15, 0.2) is 12.3 Å². The zero-order valence-electron chi connectivity index (χ0n) is 14.6. The Morgan fingerprint density at radius 2 is 1.92 bits per heavy atom. The molecule has 1 aliphatic heterocycles. The number of rotatable bonds is 7. The summed E-state index contributed by atoms with van der Waals surface area (Å²) in [7, 11) is 1.88. The third-order valence-electron chi connectivity index (χ3n) is 4.86. The first-order valence-electron chi connectivity index (χ1n) is 8.82. The molecule has 0 bridgehead atoms. The van der Waals surface area contributed by atoms with Gasteiger partial charge in [0.1, 0.15) is 5.69 Å². The molecule has 1 aromatic rings. The molecule has 0 spiro atoms. The predicted molar refractivity (Wildman–Crippen MR) is 90.2 cm³/mol. The minimum absolute atomic E-state index is 0.128. The van der Waals surface area contributed by atoms with Crippen molar-refractivity contribution >= 4 is 0 Å². The van der Waals surface area contributed by atoms with Gasteiger partial charge < -0.3 is 10.2 Å². The topological polar surface area (TPSA) is 28.2 Å². The van der Waals surface area contributed by atoms with Crippen LogP contribution >= 0.6 is 0 Å². The highest BCUT2D eigenvalue weighted by atomic mass is 19.4. The van der Waals surface area contributed by atoms with Gasteiger partial charge in [-0.2, -0.15) is 13.2 Å². The summed E-state index contributed by atoms with van der Waals surface area (Å²) < 4.78 is 39.0. The zero-order chi connectivity index (χ0) is 17.6. The fourth-order valence-electron chi connectivity index (χ4n) is 3.43. The first kappa shape index (κ1) is 19.2. The van der Waals surface area contributed by atoms with E-state index in [0.717, 1.165) is 50.1 Å². The lowest BCUT2D eigenvalue weighted by Crippen LogP contribution is -2.31. The van der Waals surface area contributed by atoms with Crippen LogP contribution in [-0.4, -0.2) is 43.1 Å². The molecule has 0 amide bonds. The van der Waals surface area contributed by atoms with Crippen molar-refractivity contribution in [1.29, 1.82) is 0 Å². The third-order valence-corrected chi connectivity index (χ3v) is 4.86. The quantitative estimate of drug-likeness (QED) is 0.812. The fourth-order valence-corrected chi connectivity index (χ4v) is 3.43. The number of aryl methyl sites for hydroxylation is 1. The molecule has 1 saturated heterocycles. The van der Waals surface area contributed by atoms with Crippen LogP contribution in [-0.2, 0) is 6.18 Å². The first-order valence-corrected chi connectivity index (χ1v) is 8.82. The molecule has 3 nitrogen and oxygen atoms in total. The van der Waals surface area contributed by atoms with Gasteiger partial charge in [-0.15, -0.1) is 0 Å². The Kier molecular flexibility index (Phi) is 7.04. The number of nitrogens with zero attached hydrogens (tertiary/aromatic N) is 2. The summed E-state index contributed by atoms with van der Waals surface area (Å²) in [6.45, 7) is 5.84. The number of pyridine rings is 1. The van der Waals surface area contributed by atoms with E-state index in [2.05, 4.69) is 15.2 Å². The van der Waals surface area contributed by atoms with E-state index in [0.29, 0.717) is 0 Å². The van der Waals surface area contributed by atoms with Crippen LogP contribution in [0.5, 0.6) is 0 Å². The number of aromatic nitrogens is 1. The molecule has 1 N–H and O–H groups in total. The van der Waals surface area contributed by atoms with Crippen LogP contribution in [0.1, 0.15) is 54.8 Å². The van der Waals surface area contributed by atoms with Crippen LogP contribution in [0.2, 0.25) is 0 Å². The van der Waals surface area contributed by atoms with Crippen LogP contribution in [0, 0.1) is 6.92 Å². The lowest BCUT2D eigenvalue weighted by molar-refractivity contribution is -0.141. The fraction of sp³-hybridized carbons (Fsp3) is 0.722. The van der Waals surface area contributed by atoms with Gasteiger partial charge in [0.05, 0.1) is 0 Å². The van der Waals surface area contributed by atoms with Crippen molar-refractivity contribution in [1.82, 2.24) is 15.2 Å². The maximum Gasteiger partial charge on any atom is 0.433 e. The molecule has 0 radical (unpaired) electrons. The van der Waals surface area contributed by atoms with Crippen LogP contribution in [0.4, 0.5) is 13.2 Å². The molecule has 6 heteroatoms. The van der Waals surface area contributed by atoms with Gasteiger partial charge in [0.15, 0.2) is 0 Å². The monoisotopic (exact) mass is 343 g/mol. The van der Waals surface area contributed by atoms with Crippen LogP contribution in [0.25, 0.3) is 0 Å². The third kappa shape index (κ3) is 5.45. The standard InChI is InChI=1S/C18H28F3N3/c1-14-13-23-17(18(19,20)21)12-16(14)15(6-8-22-2)7-11-24-9-4-3-5-10-24/h12-13,15,22H,3-11H2,1-2H3/t15-/m1/s1. The highest BCUT2D eigenvalue weighted by Gasteiger charge is 2.33. The van der Waals surface area contributed by atoms with Crippen LogP contribution in [0.3, 0.4) is 0 Å². The number of nitrogens with one attached hydrogen (secondary N) is 1. The summed E-state index contributed by atoms with van der Waals surface area (Å²) in [6.07, 6.45) is 2.46. The van der Waals surface area contributed by atoms with Gasteiger partial charge in [0, 0.05) is 6.20 Å². The largest absolute Gasteiger partial charge is 0.433 e. The van der Waals surface area contributed by atoms with Crippen molar-refractivity contribution in [3.8, 4) is 0 Å². The highest BCUT2D eigenvalue weighted by molar-refractivity contribution is 5.30. The summed E-state index contributed by atoms with van der Waals surface area (Å²) >= 11 is 0. The molecule has 0 aromatic carbocycles. The maximum absolute atomic E-state index is 13.0. The summed E-state index contributed by atoms with van der Waals surface area (Å²) in [5.41, 5.74) is 0.864. The molecular weight excluding hydrogens is 315 g/mol. The Hall–Kier alpha value is -1.14. The SMILES string of the molecule is CNCC[C@H](CCN1CCCCC1)c1cc(C(F)(F)F)ncc1C. The van der Waals surface area contributed by atoms with Crippen molar-refractivity contribution < 1.29 is 13.2 Å². The Morgan fingerprint density at radius 1 is 1.21 bits per heavy atom. The zero-order valence-corrected chi connectivity index (χ0v) is 14.6. The summed E-state index contributed by atoms with van der Waals surface area (Å²) in [6, 6.07) is 1.26. The summed E-state index contributed by atoms with van der Waals surface area (Å²) in [5.74, 6) is 0.128. The molecule has 2 heterocycles. The second kappa shape index (κ2) is 8.81. The smallest absolute Gasteiger partial charge is 0.320 e. The summed E-state index contributed by atoms with van der Waals surface area (Å²) in [4.78, 5) is 6.01. The van der Waals surface area contributed by atoms with E-state index >= 15 is 0 Å². The first-order chi connectivity index (χ1) is 11.4. The van der Waals surface area contributed by atoms with E-state index in [1.807, 2.05) is 14.0 Å². The molecule has 1 aromatic heterocycles. The number of hydrogen-bond acceptors (Lipinski definition) is 3. The summed E-state index contributed by atoms with van der Waals surface area (Å²) in [5, 5.41) is 3.12. The van der Waals surface area contributed by atoms with Crippen LogP contribution < -0.4 is 5.32 Å². The van der Waals surface area contributed by atoms with Gasteiger partial charge in [-0.1, -0.05) is 6.42 Å². The van der Waals surface area contributed by atoms with Crippen molar-refractivity contribution in [3.63, 3.8) is 0 Å². The second-order valence-electron chi connectivity index (χ2n) is 6.70. The molecule has 2 rings (SSSR count). The van der Waals surface area contributed by atoms with Gasteiger partial charge in [-0.05, 0) is 88.9 Å². The van der Waals surface area contributed by atoms with E-state index in [-0.39, 0.29) is 5.92 Å². The van der Waals surface area contributed by atoms with E-state index in [1.54, 1.807) is 0 Å². The molecule has 0 saturated carbocycles. The lowest BCUT2D eigenvalue weighted by Gasteiger charge is -2.29. The van der Waals surface area contributed by atoms with Gasteiger partial charge in [0.25, 0.3) is 0 Å². The Bertz CT molecular complexity index is 511. The molecule has 0 unspecified atom stereocenters. The molecule has 136 valence electrons. The normalized spacial score (nSPS) is 17.9. The Balaban J connectivity index is 2.13. The van der Waals surface area contributed by atoms with Gasteiger partial charge >= 0.3 is 6.18 Å². The lowest BCUT2D eigenvalue weighted by atomic mass is 9.89. The molecule has 1 atom stereocenters. The van der Waals surface area contributed by atoms with Crippen molar-refractivity contribution in [3.05, 3.63) is 29.1 Å². The van der Waals surface area contributed by atoms with Gasteiger partial charge in [-0.25, -0.2) is 0 Å². The molecular formula is C18H28F3N3. The van der Waals surface area contributed by atoms with Crippen molar-refractivity contribution in [2.75, 3.05) is 33.2 Å². The number of hydrogen-bond donors (Lipinski definition) is 1. The molecule has 0 aliphatic carbocycles. The highest BCUT2D eigenvalue weighted by Crippen LogP contribution is 2.33.